The monoisotopic (exact) mass is 623 g/mol. The van der Waals surface area contributed by atoms with Gasteiger partial charge in [-0.15, -0.1) is 0 Å². The van der Waals surface area contributed by atoms with Crippen LogP contribution in [-0.4, -0.2) is 85.9 Å². The molecule has 0 bridgehead atoms. The van der Waals surface area contributed by atoms with Gasteiger partial charge < -0.3 is 19.8 Å². The highest BCUT2D eigenvalue weighted by Crippen LogP contribution is 2.32. The fourth-order valence-electron chi connectivity index (χ4n) is 4.51. The number of hydrogen-bond acceptors (Lipinski definition) is 9. The smallest absolute Gasteiger partial charge is 0.306 e. The number of morpholine rings is 1. The third kappa shape index (κ3) is 9.01. The van der Waals surface area contributed by atoms with Crippen LogP contribution in [0.2, 0.25) is 0 Å². The van der Waals surface area contributed by atoms with Gasteiger partial charge in [0.1, 0.15) is 17.7 Å². The number of ether oxygens (including phenoxy) is 2. The highest BCUT2D eigenvalue weighted by Gasteiger charge is 2.40. The third-order valence-corrected chi connectivity index (χ3v) is 9.32. The second-order valence-electron chi connectivity index (χ2n) is 9.16. The van der Waals surface area contributed by atoms with Gasteiger partial charge in [0.2, 0.25) is 0 Å². The number of hydrogen-bond donors (Lipinski definition) is 3. The molecular weight excluding hydrogens is 590 g/mol. The molecule has 2 heterocycles. The summed E-state index contributed by atoms with van der Waals surface area (Å²) in [5.74, 6) is 8.45. The highest BCUT2D eigenvalue weighted by molar-refractivity contribution is 9.10. The molecule has 0 aromatic heterocycles. The van der Waals surface area contributed by atoms with Gasteiger partial charge in [-0.3, -0.25) is 14.6 Å². The maximum Gasteiger partial charge on any atom is 0.306 e. The van der Waals surface area contributed by atoms with Crippen molar-refractivity contribution in [3.8, 4) is 17.6 Å². The molecule has 2 aromatic carbocycles. The summed E-state index contributed by atoms with van der Waals surface area (Å²) in [5, 5.41) is 15.1. The number of halogens is 1. The second kappa shape index (κ2) is 15.3. The lowest BCUT2D eigenvalue weighted by molar-refractivity contribution is -0.143. The molecule has 2 saturated heterocycles. The summed E-state index contributed by atoms with van der Waals surface area (Å²) in [7, 11) is -3.81. The zero-order valence-electron chi connectivity index (χ0n) is 21.5. The van der Waals surface area contributed by atoms with Crippen molar-refractivity contribution in [2.24, 2.45) is 11.8 Å². The topological polar surface area (TPSA) is 143 Å². The maximum absolute atomic E-state index is 13.7. The van der Waals surface area contributed by atoms with Crippen molar-refractivity contribution in [1.82, 2.24) is 9.80 Å². The van der Waals surface area contributed by atoms with Gasteiger partial charge in [0, 0.05) is 30.7 Å². The van der Waals surface area contributed by atoms with Crippen LogP contribution in [0.1, 0.15) is 18.4 Å². The number of carbonyl (C=O) groups is 1. The Kier molecular flexibility index (Phi) is 12.2. The molecule has 10 nitrogen and oxygen atoms in total. The van der Waals surface area contributed by atoms with Crippen molar-refractivity contribution in [3.05, 3.63) is 58.6 Å². The Hall–Kier alpha value is -2.50. The molecule has 4 N–H and O–H groups in total. The minimum atomic E-state index is -3.81. The minimum Gasteiger partial charge on any atom is -0.481 e. The zero-order valence-corrected chi connectivity index (χ0v) is 23.9. The van der Waals surface area contributed by atoms with Crippen molar-refractivity contribution in [2.45, 2.75) is 29.7 Å². The molecular formula is C27H34BrN3O7S. The summed E-state index contributed by atoms with van der Waals surface area (Å²) in [5.41, 5.74) is 0.968. The van der Waals surface area contributed by atoms with Crippen molar-refractivity contribution < 1.29 is 33.0 Å². The molecule has 12 heteroatoms. The largest absolute Gasteiger partial charge is 0.481 e. The summed E-state index contributed by atoms with van der Waals surface area (Å²) in [6.45, 7) is 4.90. The number of likely N-dealkylation sites (tertiary alicyclic amines) is 1. The third-order valence-electron chi connectivity index (χ3n) is 6.66. The quantitative estimate of drug-likeness (QED) is 0.296. The van der Waals surface area contributed by atoms with Crippen molar-refractivity contribution in [2.75, 3.05) is 46.0 Å². The molecule has 212 valence electrons. The standard InChI is InChI=1S/C27H31BrN2O6S.H3NO/c28-23-5-3-21(4-6-23)20-30-13-11-22(27(31)32)19-26(30)37(33,34)25-9-7-24(8-10-25)36-16-2-1-12-29-14-17-35-18-15-29;1-2/h3-10,22,26H,11-20H2,(H,31,32);2H,1H2. The van der Waals surface area contributed by atoms with Gasteiger partial charge in [0.25, 0.3) is 0 Å². The first-order valence-electron chi connectivity index (χ1n) is 12.5. The molecule has 0 amide bonds. The summed E-state index contributed by atoms with van der Waals surface area (Å²) in [4.78, 5) is 15.9. The van der Waals surface area contributed by atoms with Crippen LogP contribution >= 0.6 is 15.9 Å². The van der Waals surface area contributed by atoms with Gasteiger partial charge in [0.15, 0.2) is 9.84 Å². The SMILES string of the molecule is NO.O=C(O)C1CCN(Cc2ccc(Br)cc2)C(S(=O)(=O)c2ccc(OCC#CCN3CCOCC3)cc2)C1. The van der Waals surface area contributed by atoms with E-state index in [4.69, 9.17) is 14.7 Å². The number of aliphatic carboxylic acids is 1. The van der Waals surface area contributed by atoms with Crippen LogP contribution < -0.4 is 10.6 Å². The molecule has 39 heavy (non-hydrogen) atoms. The Morgan fingerprint density at radius 3 is 2.36 bits per heavy atom. The van der Waals surface area contributed by atoms with Crippen molar-refractivity contribution in [3.63, 3.8) is 0 Å². The van der Waals surface area contributed by atoms with Gasteiger partial charge in [-0.25, -0.2) is 14.3 Å². The predicted molar refractivity (Wildman–Crippen MR) is 149 cm³/mol. The number of sulfone groups is 1. The van der Waals surface area contributed by atoms with Gasteiger partial charge in [-0.05, 0) is 54.8 Å². The molecule has 2 aliphatic heterocycles. The van der Waals surface area contributed by atoms with Gasteiger partial charge in [-0.2, -0.15) is 0 Å². The number of nitrogens with zero attached hydrogens (tertiary/aromatic N) is 2. The summed E-state index contributed by atoms with van der Waals surface area (Å²) in [6.07, 6.45) is 0.461. The van der Waals surface area contributed by atoms with E-state index in [1.165, 1.54) is 12.1 Å². The van der Waals surface area contributed by atoms with Crippen LogP contribution in [0.3, 0.4) is 0 Å². The molecule has 2 unspecified atom stereocenters. The van der Waals surface area contributed by atoms with E-state index in [1.807, 2.05) is 29.2 Å². The van der Waals surface area contributed by atoms with Gasteiger partial charge in [0.05, 0.1) is 30.6 Å². The minimum absolute atomic E-state index is 0.0468. The van der Waals surface area contributed by atoms with E-state index >= 15 is 0 Å². The summed E-state index contributed by atoms with van der Waals surface area (Å²) >= 11 is 3.42. The number of carboxylic acid groups (broad SMARTS) is 1. The van der Waals surface area contributed by atoms with E-state index in [-0.39, 0.29) is 17.9 Å². The van der Waals surface area contributed by atoms with Crippen LogP contribution in [-0.2, 0) is 25.9 Å². The van der Waals surface area contributed by atoms with Gasteiger partial charge >= 0.3 is 5.97 Å². The zero-order chi connectivity index (χ0) is 28.3. The molecule has 0 aliphatic carbocycles. The van der Waals surface area contributed by atoms with Crippen LogP contribution in [0.5, 0.6) is 5.75 Å². The molecule has 2 fully saturated rings. The molecule has 0 saturated carbocycles. The fourth-order valence-corrected chi connectivity index (χ4v) is 6.66. The first kappa shape index (κ1) is 31.0. The van der Waals surface area contributed by atoms with Crippen LogP contribution in [0.4, 0.5) is 0 Å². The highest BCUT2D eigenvalue weighted by atomic mass is 79.9. The van der Waals surface area contributed by atoms with Crippen LogP contribution in [0, 0.1) is 17.8 Å². The Morgan fingerprint density at radius 2 is 1.72 bits per heavy atom. The first-order valence-corrected chi connectivity index (χ1v) is 14.9. The molecule has 2 aromatic rings. The van der Waals surface area contributed by atoms with E-state index in [2.05, 4.69) is 38.6 Å². The van der Waals surface area contributed by atoms with E-state index in [0.717, 1.165) is 36.3 Å². The van der Waals surface area contributed by atoms with Crippen LogP contribution in [0.25, 0.3) is 0 Å². The maximum atomic E-state index is 13.7. The lowest BCUT2D eigenvalue weighted by Gasteiger charge is -2.37. The molecule has 0 radical (unpaired) electrons. The van der Waals surface area contributed by atoms with Gasteiger partial charge in [-0.1, -0.05) is 39.9 Å². The molecule has 4 rings (SSSR count). The lowest BCUT2D eigenvalue weighted by Crippen LogP contribution is -2.47. The van der Waals surface area contributed by atoms with Crippen molar-refractivity contribution in [1.29, 1.82) is 0 Å². The second-order valence-corrected chi connectivity index (χ2v) is 12.2. The Labute approximate surface area is 237 Å². The number of nitrogens with two attached hydrogens (primary N) is 1. The predicted octanol–water partition coefficient (Wildman–Crippen LogP) is 2.59. The van der Waals surface area contributed by atoms with E-state index < -0.39 is 27.1 Å². The Balaban J connectivity index is 0.00000205. The summed E-state index contributed by atoms with van der Waals surface area (Å²) < 4.78 is 39.2. The van der Waals surface area contributed by atoms with Crippen LogP contribution in [0.15, 0.2) is 57.9 Å². The number of rotatable bonds is 8. The fraction of sp³-hybridized carbons (Fsp3) is 0.444. The number of carboxylic acids is 1. The van der Waals surface area contributed by atoms with Crippen molar-refractivity contribution >= 4 is 31.7 Å². The number of benzene rings is 2. The Bertz CT molecular complexity index is 1220. The summed E-state index contributed by atoms with van der Waals surface area (Å²) in [6, 6.07) is 14.0. The normalized spacial score (nSPS) is 20.2. The van der Waals surface area contributed by atoms with E-state index in [9.17, 15) is 18.3 Å². The Morgan fingerprint density at radius 1 is 1.05 bits per heavy atom. The van der Waals surface area contributed by atoms with E-state index in [1.54, 1.807) is 12.1 Å². The molecule has 0 spiro atoms. The molecule has 2 atom stereocenters. The first-order chi connectivity index (χ1) is 18.8. The average molecular weight is 625 g/mol. The number of piperidine rings is 1. The average Bonchev–Trinajstić information content (AvgIpc) is 2.96. The lowest BCUT2D eigenvalue weighted by atomic mass is 9.96. The molecule has 2 aliphatic rings. The van der Waals surface area contributed by atoms with E-state index in [0.29, 0.717) is 31.8 Å².